The van der Waals surface area contributed by atoms with Crippen molar-refractivity contribution < 1.29 is 32.6 Å². The number of carbonyl (C=O) groups is 2. The van der Waals surface area contributed by atoms with Crippen molar-refractivity contribution >= 4 is 40.0 Å². The second-order valence-corrected chi connectivity index (χ2v) is 11.1. The fourth-order valence-electron chi connectivity index (χ4n) is 4.60. The number of amides is 2. The van der Waals surface area contributed by atoms with E-state index in [2.05, 4.69) is 30.0 Å². The van der Waals surface area contributed by atoms with Gasteiger partial charge >= 0.3 is 12.3 Å². The van der Waals surface area contributed by atoms with E-state index in [-0.39, 0.29) is 33.7 Å². The van der Waals surface area contributed by atoms with Gasteiger partial charge in [0.05, 0.1) is 41.6 Å². The van der Waals surface area contributed by atoms with Crippen molar-refractivity contribution in [3.05, 3.63) is 47.7 Å². The van der Waals surface area contributed by atoms with Crippen LogP contribution in [0.3, 0.4) is 0 Å². The number of hydrogen-bond acceptors (Lipinski definition) is 9. The second-order valence-electron chi connectivity index (χ2n) is 10.3. The molecule has 4 rings (SSSR count). The third kappa shape index (κ3) is 6.58. The summed E-state index contributed by atoms with van der Waals surface area (Å²) in [4.78, 5) is 37.7. The van der Waals surface area contributed by atoms with E-state index < -0.39 is 30.0 Å². The number of aromatic nitrogens is 4. The van der Waals surface area contributed by atoms with Gasteiger partial charge < -0.3 is 25.4 Å². The summed E-state index contributed by atoms with van der Waals surface area (Å²) in [5.74, 6) is -0.460. The lowest BCUT2D eigenvalue weighted by Crippen LogP contribution is -2.58. The lowest BCUT2D eigenvalue weighted by atomic mass is 9.79. The number of rotatable bonds is 6. The monoisotopic (exact) mass is 579 g/mol. The van der Waals surface area contributed by atoms with Gasteiger partial charge in [0, 0.05) is 12.6 Å². The summed E-state index contributed by atoms with van der Waals surface area (Å²) < 4.78 is 49.2. The number of alkyl halides is 3. The third-order valence-corrected chi connectivity index (χ3v) is 7.09. The molecular formula is C25H28F3N7O4S. The molecule has 2 unspecified atom stereocenters. The molecule has 15 heteroatoms. The number of aryl methyl sites for hydroxylation is 1. The fourth-order valence-corrected chi connectivity index (χ4v) is 5.40. The van der Waals surface area contributed by atoms with Crippen LogP contribution in [0.2, 0.25) is 0 Å². The normalized spacial score (nSPS) is 17.8. The number of likely N-dealkylation sites (tertiary alicyclic amines) is 1. The van der Waals surface area contributed by atoms with Gasteiger partial charge in [-0.15, -0.1) is 0 Å². The summed E-state index contributed by atoms with van der Waals surface area (Å²) in [6, 6.07) is 2.79. The Kier molecular flexibility index (Phi) is 8.14. The highest BCUT2D eigenvalue weighted by Gasteiger charge is 2.43. The maximum atomic E-state index is 13.1. The first-order valence-corrected chi connectivity index (χ1v) is 13.1. The number of nitrogens with one attached hydrogen (secondary N) is 2. The summed E-state index contributed by atoms with van der Waals surface area (Å²) in [5, 5.41) is 15.3. The van der Waals surface area contributed by atoms with Crippen LogP contribution in [0.25, 0.3) is 0 Å². The molecule has 3 aromatic heterocycles. The van der Waals surface area contributed by atoms with Crippen molar-refractivity contribution in [1.29, 1.82) is 0 Å². The maximum Gasteiger partial charge on any atom is 0.434 e. The minimum absolute atomic E-state index is 0.133. The molecular weight excluding hydrogens is 551 g/mol. The maximum absolute atomic E-state index is 13.1. The zero-order valence-corrected chi connectivity index (χ0v) is 22.9. The Hall–Kier alpha value is -4.01. The van der Waals surface area contributed by atoms with Crippen LogP contribution in [0.4, 0.5) is 34.5 Å². The van der Waals surface area contributed by atoms with Crippen LogP contribution in [0.15, 0.2) is 30.7 Å². The summed E-state index contributed by atoms with van der Waals surface area (Å²) in [5.41, 5.74) is -0.693. The van der Waals surface area contributed by atoms with E-state index in [0.717, 1.165) is 17.7 Å². The highest BCUT2D eigenvalue weighted by Crippen LogP contribution is 2.35. The zero-order valence-electron chi connectivity index (χ0n) is 22.1. The highest BCUT2D eigenvalue weighted by molar-refractivity contribution is 7.10. The first-order chi connectivity index (χ1) is 18.7. The predicted molar refractivity (Wildman–Crippen MR) is 141 cm³/mol. The third-order valence-electron chi connectivity index (χ3n) is 6.23. The molecule has 0 saturated carbocycles. The molecule has 3 aromatic rings. The van der Waals surface area contributed by atoms with Crippen LogP contribution in [-0.4, -0.2) is 60.0 Å². The molecule has 1 aliphatic heterocycles. The second kappa shape index (κ2) is 11.2. The summed E-state index contributed by atoms with van der Waals surface area (Å²) in [7, 11) is 0. The molecule has 0 bridgehead atoms. The van der Waals surface area contributed by atoms with Gasteiger partial charge in [0.15, 0.2) is 5.69 Å². The fraction of sp³-hybridized carbons (Fsp3) is 0.440. The van der Waals surface area contributed by atoms with Crippen molar-refractivity contribution in [3.8, 4) is 5.88 Å². The van der Waals surface area contributed by atoms with Crippen molar-refractivity contribution in [2.45, 2.75) is 58.9 Å². The molecule has 4 heterocycles. The molecule has 1 saturated heterocycles. The minimum atomic E-state index is -4.67. The number of carbonyl (C=O) groups excluding carboxylic acids is 1. The van der Waals surface area contributed by atoms with Crippen LogP contribution in [0.5, 0.6) is 5.88 Å². The topological polar surface area (TPSA) is 142 Å². The number of carboxylic acid groups (broad SMARTS) is 1. The molecule has 40 heavy (non-hydrogen) atoms. The van der Waals surface area contributed by atoms with Crippen molar-refractivity contribution in [2.75, 3.05) is 17.2 Å². The Morgan fingerprint density at radius 2 is 1.93 bits per heavy atom. The number of nitrogens with zero attached hydrogens (tertiary/aromatic N) is 5. The van der Waals surface area contributed by atoms with Crippen LogP contribution < -0.4 is 15.4 Å². The van der Waals surface area contributed by atoms with E-state index in [9.17, 15) is 27.9 Å². The van der Waals surface area contributed by atoms with E-state index in [0.29, 0.717) is 37.0 Å². The van der Waals surface area contributed by atoms with Crippen LogP contribution in [0.1, 0.15) is 55.4 Å². The van der Waals surface area contributed by atoms with E-state index in [1.807, 2.05) is 20.8 Å². The van der Waals surface area contributed by atoms with E-state index in [4.69, 9.17) is 4.74 Å². The van der Waals surface area contributed by atoms with Gasteiger partial charge in [0.1, 0.15) is 16.9 Å². The smallest absolute Gasteiger partial charge is 0.434 e. The summed E-state index contributed by atoms with van der Waals surface area (Å²) in [6.07, 6.45) is -1.61. The Bertz CT molecular complexity index is 1380. The Balaban J connectivity index is 1.46. The first kappa shape index (κ1) is 29.0. The average Bonchev–Trinajstić information content (AvgIpc) is 3.23. The molecule has 3 N–H and O–H groups in total. The number of pyridine rings is 1. The van der Waals surface area contributed by atoms with Gasteiger partial charge in [-0.25, -0.2) is 14.8 Å². The molecule has 214 valence electrons. The van der Waals surface area contributed by atoms with E-state index in [1.165, 1.54) is 11.1 Å². The highest BCUT2D eigenvalue weighted by atomic mass is 32.1. The number of halogens is 3. The number of piperidine rings is 1. The minimum Gasteiger partial charge on any atom is -0.472 e. The van der Waals surface area contributed by atoms with Gasteiger partial charge in [-0.3, -0.25) is 9.78 Å². The van der Waals surface area contributed by atoms with Gasteiger partial charge in [-0.05, 0) is 42.8 Å². The number of ether oxygens (including phenoxy) is 1. The van der Waals surface area contributed by atoms with Gasteiger partial charge in [-0.1, -0.05) is 20.8 Å². The molecule has 0 spiro atoms. The number of anilines is 3. The van der Waals surface area contributed by atoms with Crippen LogP contribution in [0, 0.1) is 12.3 Å². The van der Waals surface area contributed by atoms with Crippen LogP contribution >= 0.6 is 11.5 Å². The predicted octanol–water partition coefficient (Wildman–Crippen LogP) is 5.59. The molecule has 1 aliphatic rings. The van der Waals surface area contributed by atoms with E-state index >= 15 is 0 Å². The van der Waals surface area contributed by atoms with Gasteiger partial charge in [0.2, 0.25) is 5.88 Å². The Labute approximate surface area is 232 Å². The SMILES string of the molecule is Cc1nsc(Nc2cncc(C(F)(F)F)n2)c1C(=O)Nc1ccc(OC2CCCN(C(=O)O)C2C(C)(C)C)nc1. The molecule has 2 amide bonds. The molecule has 0 aliphatic carbocycles. The molecule has 11 nitrogen and oxygen atoms in total. The van der Waals surface area contributed by atoms with Crippen molar-refractivity contribution in [2.24, 2.45) is 5.41 Å². The lowest BCUT2D eigenvalue weighted by molar-refractivity contribution is -0.141. The summed E-state index contributed by atoms with van der Waals surface area (Å²) in [6.45, 7) is 7.92. The molecule has 0 aromatic carbocycles. The van der Waals surface area contributed by atoms with Crippen molar-refractivity contribution in [1.82, 2.24) is 24.2 Å². The van der Waals surface area contributed by atoms with Gasteiger partial charge in [0.25, 0.3) is 5.91 Å². The largest absolute Gasteiger partial charge is 0.472 e. The quantitative estimate of drug-likeness (QED) is 0.341. The Morgan fingerprint density at radius 3 is 2.55 bits per heavy atom. The summed E-state index contributed by atoms with van der Waals surface area (Å²) >= 11 is 0.897. The Morgan fingerprint density at radius 1 is 1.18 bits per heavy atom. The van der Waals surface area contributed by atoms with E-state index in [1.54, 1.807) is 19.1 Å². The van der Waals surface area contributed by atoms with Gasteiger partial charge in [-0.2, -0.15) is 17.5 Å². The zero-order chi connectivity index (χ0) is 29.2. The molecule has 1 fully saturated rings. The average molecular weight is 580 g/mol. The number of hydrogen-bond donors (Lipinski definition) is 3. The first-order valence-electron chi connectivity index (χ1n) is 12.3. The standard InChI is InChI=1S/C25H28F3N7O4S/c1-13-19(22(40-34-13)33-17-12-29-11-16(32-17)25(26,27)28)21(36)31-14-7-8-18(30-10-14)39-15-6-5-9-35(23(37)38)20(15)24(2,3)4/h7-8,10-12,15,20H,5-6,9H2,1-4H3,(H,31,36)(H,32,33)(H,37,38). The lowest BCUT2D eigenvalue weighted by Gasteiger charge is -2.46. The molecule has 0 radical (unpaired) electrons. The van der Waals surface area contributed by atoms with Crippen molar-refractivity contribution in [3.63, 3.8) is 0 Å². The molecule has 2 atom stereocenters. The van der Waals surface area contributed by atoms with Crippen LogP contribution in [-0.2, 0) is 6.18 Å².